The van der Waals surface area contributed by atoms with Gasteiger partial charge < -0.3 is 14.7 Å². The summed E-state index contributed by atoms with van der Waals surface area (Å²) in [6, 6.07) is 4.50. The number of aromatic nitrogens is 4. The number of urea groups is 1. The Morgan fingerprint density at radius 1 is 1.24 bits per heavy atom. The van der Waals surface area contributed by atoms with Crippen molar-refractivity contribution >= 4 is 11.7 Å². The Kier molecular flexibility index (Phi) is 4.87. The molecule has 2 aliphatic rings. The van der Waals surface area contributed by atoms with Crippen molar-refractivity contribution in [1.29, 1.82) is 0 Å². The van der Waals surface area contributed by atoms with Gasteiger partial charge in [-0.3, -0.25) is 0 Å². The predicted molar refractivity (Wildman–Crippen MR) is 111 cm³/mol. The Morgan fingerprint density at radius 3 is 2.67 bits per heavy atom. The fraction of sp³-hybridized carbons (Fsp3) is 0.409. The number of benzene rings is 1. The monoisotopic (exact) mass is 458 g/mol. The van der Waals surface area contributed by atoms with Crippen molar-refractivity contribution in [2.24, 2.45) is 5.92 Å². The van der Waals surface area contributed by atoms with Gasteiger partial charge in [-0.15, -0.1) is 0 Å². The molecule has 2 aromatic heterocycles. The van der Waals surface area contributed by atoms with Gasteiger partial charge >= 0.3 is 12.2 Å². The van der Waals surface area contributed by atoms with Crippen molar-refractivity contribution in [3.63, 3.8) is 0 Å². The molecule has 172 valence electrons. The maximum atomic E-state index is 13.6. The first-order valence-electron chi connectivity index (χ1n) is 10.6. The van der Waals surface area contributed by atoms with Crippen LogP contribution in [-0.4, -0.2) is 37.1 Å². The van der Waals surface area contributed by atoms with E-state index in [1.165, 1.54) is 30.6 Å². The molecule has 3 heterocycles. The number of carbonyl (C=O) groups excluding carboxylic acids is 1. The first-order valence-corrected chi connectivity index (χ1v) is 10.6. The second-order valence-corrected chi connectivity index (χ2v) is 8.71. The highest BCUT2D eigenvalue weighted by atomic mass is 19.4. The number of aryl methyl sites for hydroxylation is 1. The van der Waals surface area contributed by atoms with Crippen LogP contribution in [0.5, 0.6) is 0 Å². The second-order valence-electron chi connectivity index (χ2n) is 8.71. The summed E-state index contributed by atoms with van der Waals surface area (Å²) in [5, 5.41) is 6.63. The van der Waals surface area contributed by atoms with E-state index in [0.717, 1.165) is 12.5 Å². The van der Waals surface area contributed by atoms with Crippen LogP contribution in [-0.2, 0) is 11.7 Å². The van der Waals surface area contributed by atoms with Gasteiger partial charge in [0.05, 0.1) is 5.56 Å². The van der Waals surface area contributed by atoms with E-state index in [0.29, 0.717) is 30.5 Å². The molecule has 0 unspecified atom stereocenters. The zero-order chi connectivity index (χ0) is 23.4. The number of hydrogen-bond acceptors (Lipinski definition) is 6. The smallest absolute Gasteiger partial charge is 0.337 e. The number of halogens is 3. The minimum atomic E-state index is -4.60. The summed E-state index contributed by atoms with van der Waals surface area (Å²) in [6.07, 6.45) is 0.357. The number of nitrogens with one attached hydrogen (secondary N) is 1. The average molecular weight is 458 g/mol. The molecule has 8 nitrogen and oxygen atoms in total. The van der Waals surface area contributed by atoms with Gasteiger partial charge in [0.25, 0.3) is 5.89 Å². The largest absolute Gasteiger partial charge is 0.417 e. The van der Waals surface area contributed by atoms with E-state index in [9.17, 15) is 18.0 Å². The van der Waals surface area contributed by atoms with E-state index in [4.69, 9.17) is 4.52 Å². The standard InChI is InChI=1S/C22H21F3N6O2/c1-12-8-15-11-21(10-12,19-28-13(2)30-33-19)31(15)20(32)29-14-4-5-17(22(23,24)25)16(9-14)18-26-6-3-7-27-18/h3-7,9,12,15H,8,10-11H2,1-2H3,(H,29,32)/t12-,15+,21-/m1/s1. The number of likely N-dealkylation sites (tertiary alicyclic amines) is 1. The summed E-state index contributed by atoms with van der Waals surface area (Å²) in [5.41, 5.74) is -1.57. The Hall–Kier alpha value is -3.50. The first-order chi connectivity index (χ1) is 15.7. The molecule has 1 aliphatic heterocycles. The maximum absolute atomic E-state index is 13.6. The molecule has 0 spiro atoms. The highest BCUT2D eigenvalue weighted by Crippen LogP contribution is 2.55. The fourth-order valence-corrected chi connectivity index (χ4v) is 5.11. The second kappa shape index (κ2) is 7.53. The zero-order valence-electron chi connectivity index (χ0n) is 17.9. The molecule has 3 aromatic rings. The number of nitrogens with zero attached hydrogens (tertiary/aromatic N) is 5. The Bertz CT molecular complexity index is 1200. The van der Waals surface area contributed by atoms with Crippen LogP contribution in [0.4, 0.5) is 23.7 Å². The lowest BCUT2D eigenvalue weighted by atomic mass is 9.64. The van der Waals surface area contributed by atoms with Crippen LogP contribution in [0.1, 0.15) is 43.5 Å². The third kappa shape index (κ3) is 3.61. The number of rotatable bonds is 3. The van der Waals surface area contributed by atoms with Gasteiger partial charge in [0.15, 0.2) is 11.6 Å². The van der Waals surface area contributed by atoms with Gasteiger partial charge in [-0.2, -0.15) is 18.2 Å². The van der Waals surface area contributed by atoms with Gasteiger partial charge in [0.1, 0.15) is 5.54 Å². The van der Waals surface area contributed by atoms with E-state index in [1.807, 2.05) is 0 Å². The van der Waals surface area contributed by atoms with Crippen molar-refractivity contribution in [2.75, 3.05) is 5.32 Å². The van der Waals surface area contributed by atoms with Crippen molar-refractivity contribution in [3.8, 4) is 11.4 Å². The number of hydrogen-bond donors (Lipinski definition) is 1. The van der Waals surface area contributed by atoms with E-state index in [-0.39, 0.29) is 23.1 Å². The molecule has 2 bridgehead atoms. The Morgan fingerprint density at radius 2 is 2.00 bits per heavy atom. The number of carbonyl (C=O) groups is 1. The van der Waals surface area contributed by atoms with Gasteiger partial charge in [-0.05, 0) is 49.9 Å². The van der Waals surface area contributed by atoms with Crippen LogP contribution >= 0.6 is 0 Å². The SMILES string of the molecule is Cc1noc([C@@]23C[C@H](C)C[C@@H](C2)N3C(=O)Nc2ccc(C(F)(F)F)c(-c3ncccn3)c2)n1. The molecular formula is C22H21F3N6O2. The average Bonchev–Trinajstić information content (AvgIpc) is 3.19. The van der Waals surface area contributed by atoms with Crippen LogP contribution in [0.3, 0.4) is 0 Å². The molecule has 1 aromatic carbocycles. The topological polar surface area (TPSA) is 97.0 Å². The molecule has 1 saturated carbocycles. The van der Waals surface area contributed by atoms with Crippen LogP contribution < -0.4 is 5.32 Å². The van der Waals surface area contributed by atoms with E-state index >= 15 is 0 Å². The number of alkyl halides is 3. The quantitative estimate of drug-likeness (QED) is 0.606. The van der Waals surface area contributed by atoms with Gasteiger partial charge in [-0.1, -0.05) is 12.1 Å². The van der Waals surface area contributed by atoms with Crippen molar-refractivity contribution in [2.45, 2.75) is 50.9 Å². The predicted octanol–water partition coefficient (Wildman–Crippen LogP) is 4.79. The van der Waals surface area contributed by atoms with Crippen LogP contribution in [0.2, 0.25) is 0 Å². The molecule has 2 amide bonds. The lowest BCUT2D eigenvalue weighted by molar-refractivity contribution is -0.137. The van der Waals surface area contributed by atoms with Crippen molar-refractivity contribution in [1.82, 2.24) is 25.0 Å². The van der Waals surface area contributed by atoms with E-state index in [1.54, 1.807) is 11.8 Å². The van der Waals surface area contributed by atoms with Crippen LogP contribution in [0.25, 0.3) is 11.4 Å². The number of anilines is 1. The maximum Gasteiger partial charge on any atom is 0.417 e. The van der Waals surface area contributed by atoms with Crippen LogP contribution in [0.15, 0.2) is 41.2 Å². The molecule has 1 saturated heterocycles. The van der Waals surface area contributed by atoms with Crippen molar-refractivity contribution in [3.05, 3.63) is 53.9 Å². The summed E-state index contributed by atoms with van der Waals surface area (Å²) in [5.74, 6) is 1.17. The summed E-state index contributed by atoms with van der Waals surface area (Å²) in [6.45, 7) is 3.83. The molecule has 11 heteroatoms. The Balaban J connectivity index is 1.46. The molecule has 5 rings (SSSR count). The normalized spacial score (nSPS) is 24.3. The number of amides is 2. The Labute approximate surface area is 187 Å². The van der Waals surface area contributed by atoms with Crippen molar-refractivity contribution < 1.29 is 22.5 Å². The minimum Gasteiger partial charge on any atom is -0.337 e. The van der Waals surface area contributed by atoms with E-state index < -0.39 is 23.3 Å². The third-order valence-corrected chi connectivity index (χ3v) is 6.29. The summed E-state index contributed by atoms with van der Waals surface area (Å²) < 4.78 is 46.2. The summed E-state index contributed by atoms with van der Waals surface area (Å²) >= 11 is 0. The molecule has 2 fully saturated rings. The summed E-state index contributed by atoms with van der Waals surface area (Å²) in [4.78, 5) is 27.3. The van der Waals surface area contributed by atoms with E-state index in [2.05, 4.69) is 32.3 Å². The highest BCUT2D eigenvalue weighted by Gasteiger charge is 2.62. The van der Waals surface area contributed by atoms with Gasteiger partial charge in [-0.25, -0.2) is 14.8 Å². The number of fused-ring (bicyclic) bond motifs is 2. The van der Waals surface area contributed by atoms with Gasteiger partial charge in [0.2, 0.25) is 0 Å². The zero-order valence-corrected chi connectivity index (χ0v) is 17.9. The molecule has 33 heavy (non-hydrogen) atoms. The lowest BCUT2D eigenvalue weighted by Crippen LogP contribution is -2.70. The lowest BCUT2D eigenvalue weighted by Gasteiger charge is -2.61. The first kappa shape index (κ1) is 21.4. The number of piperidine rings is 1. The van der Waals surface area contributed by atoms with Crippen LogP contribution in [0, 0.1) is 12.8 Å². The molecule has 1 N–H and O–H groups in total. The molecule has 1 aliphatic carbocycles. The molecule has 3 atom stereocenters. The molecular weight excluding hydrogens is 437 g/mol. The van der Waals surface area contributed by atoms with Gasteiger partial charge in [0, 0.05) is 36.1 Å². The summed E-state index contributed by atoms with van der Waals surface area (Å²) in [7, 11) is 0. The highest BCUT2D eigenvalue weighted by molar-refractivity contribution is 5.92. The third-order valence-electron chi connectivity index (χ3n) is 6.29. The molecule has 0 radical (unpaired) electrons. The minimum absolute atomic E-state index is 0.00710. The fourth-order valence-electron chi connectivity index (χ4n) is 5.11.